The molecule has 0 unspecified atom stereocenters. The molecule has 0 amide bonds. The number of nitrogens with one attached hydrogen (secondary N) is 1. The van der Waals surface area contributed by atoms with Crippen LogP contribution in [0, 0.1) is 13.8 Å². The highest BCUT2D eigenvalue weighted by molar-refractivity contribution is 5.84. The monoisotopic (exact) mass is 240 g/mol. The minimum absolute atomic E-state index is 0.118. The van der Waals surface area contributed by atoms with Gasteiger partial charge >= 0.3 is 0 Å². The largest absolute Gasteiger partial charge is 0.322 e. The van der Waals surface area contributed by atoms with E-state index in [-0.39, 0.29) is 5.56 Å². The average Bonchev–Trinajstić information content (AvgIpc) is 2.67. The van der Waals surface area contributed by atoms with Crippen LogP contribution in [0.5, 0.6) is 0 Å². The molecule has 18 heavy (non-hydrogen) atoms. The first kappa shape index (κ1) is 10.7. The van der Waals surface area contributed by atoms with E-state index in [0.29, 0.717) is 0 Å². The maximum atomic E-state index is 11.3. The Balaban J connectivity index is 2.36. The summed E-state index contributed by atoms with van der Waals surface area (Å²) in [6, 6.07) is 7.05. The van der Waals surface area contributed by atoms with E-state index in [1.807, 2.05) is 19.9 Å². The Kier molecular flexibility index (Phi) is 2.26. The number of aromatic nitrogens is 4. The van der Waals surface area contributed by atoms with Crippen molar-refractivity contribution in [1.82, 2.24) is 19.7 Å². The Morgan fingerprint density at radius 1 is 1.22 bits per heavy atom. The van der Waals surface area contributed by atoms with E-state index in [1.54, 1.807) is 23.0 Å². The zero-order chi connectivity index (χ0) is 12.7. The van der Waals surface area contributed by atoms with Crippen molar-refractivity contribution >= 4 is 10.9 Å². The van der Waals surface area contributed by atoms with Crippen LogP contribution in [0.1, 0.15) is 11.4 Å². The molecule has 0 radical (unpaired) electrons. The fourth-order valence-electron chi connectivity index (χ4n) is 2.08. The Labute approximate surface area is 103 Å². The van der Waals surface area contributed by atoms with Gasteiger partial charge in [0.2, 0.25) is 5.56 Å². The first-order valence-corrected chi connectivity index (χ1v) is 5.67. The highest BCUT2D eigenvalue weighted by atomic mass is 16.1. The third-order valence-corrected chi connectivity index (χ3v) is 2.84. The van der Waals surface area contributed by atoms with Crippen molar-refractivity contribution in [2.24, 2.45) is 0 Å². The molecule has 0 fully saturated rings. The lowest BCUT2D eigenvalue weighted by atomic mass is 10.2. The Bertz CT molecular complexity index is 785. The van der Waals surface area contributed by atoms with Gasteiger partial charge in [0.15, 0.2) is 5.82 Å². The summed E-state index contributed by atoms with van der Waals surface area (Å²) < 4.78 is 1.79. The van der Waals surface area contributed by atoms with Crippen molar-refractivity contribution in [3.05, 3.63) is 52.2 Å². The van der Waals surface area contributed by atoms with Gasteiger partial charge in [-0.05, 0) is 32.0 Å². The van der Waals surface area contributed by atoms with Crippen molar-refractivity contribution in [1.29, 1.82) is 0 Å². The van der Waals surface area contributed by atoms with Crippen LogP contribution in [0.25, 0.3) is 16.7 Å². The normalized spacial score (nSPS) is 11.0. The van der Waals surface area contributed by atoms with Gasteiger partial charge in [0, 0.05) is 23.3 Å². The van der Waals surface area contributed by atoms with Gasteiger partial charge in [0.05, 0.1) is 11.2 Å². The zero-order valence-electron chi connectivity index (χ0n) is 10.1. The van der Waals surface area contributed by atoms with Gasteiger partial charge in [0.25, 0.3) is 0 Å². The van der Waals surface area contributed by atoms with E-state index in [4.69, 9.17) is 0 Å². The van der Waals surface area contributed by atoms with E-state index >= 15 is 0 Å². The van der Waals surface area contributed by atoms with Crippen molar-refractivity contribution in [2.75, 3.05) is 0 Å². The number of fused-ring (bicyclic) bond motifs is 1. The minimum Gasteiger partial charge on any atom is -0.322 e. The third kappa shape index (κ3) is 1.60. The number of aromatic amines is 1. The SMILES string of the molecule is Cc1cc(C)n(-c2nccc3[nH]c(=O)ccc23)n1. The van der Waals surface area contributed by atoms with E-state index in [0.717, 1.165) is 28.1 Å². The molecule has 0 aliphatic heterocycles. The number of nitrogens with zero attached hydrogens (tertiary/aromatic N) is 3. The molecule has 3 rings (SSSR count). The summed E-state index contributed by atoms with van der Waals surface area (Å²) >= 11 is 0. The molecule has 0 aliphatic rings. The van der Waals surface area contributed by atoms with Crippen LogP contribution in [0.3, 0.4) is 0 Å². The molecular weight excluding hydrogens is 228 g/mol. The molecule has 0 spiro atoms. The van der Waals surface area contributed by atoms with Crippen molar-refractivity contribution in [3.63, 3.8) is 0 Å². The molecule has 1 N–H and O–H groups in total. The number of pyridine rings is 2. The molecule has 3 aromatic rings. The number of aryl methyl sites for hydroxylation is 2. The lowest BCUT2D eigenvalue weighted by molar-refractivity contribution is 0.813. The van der Waals surface area contributed by atoms with Crippen LogP contribution in [0.2, 0.25) is 0 Å². The molecule has 5 heteroatoms. The zero-order valence-corrected chi connectivity index (χ0v) is 10.1. The molecule has 5 nitrogen and oxygen atoms in total. The molecule has 3 heterocycles. The number of H-pyrrole nitrogens is 1. The van der Waals surface area contributed by atoms with Crippen molar-refractivity contribution in [3.8, 4) is 5.82 Å². The summed E-state index contributed by atoms with van der Waals surface area (Å²) in [6.45, 7) is 3.92. The first-order chi connectivity index (χ1) is 8.65. The minimum atomic E-state index is -0.118. The predicted molar refractivity (Wildman–Crippen MR) is 69.0 cm³/mol. The second kappa shape index (κ2) is 3.80. The maximum absolute atomic E-state index is 11.3. The predicted octanol–water partition coefficient (Wildman–Crippen LogP) is 1.73. The topological polar surface area (TPSA) is 63.6 Å². The quantitative estimate of drug-likeness (QED) is 0.704. The number of hydrogen-bond donors (Lipinski definition) is 1. The van der Waals surface area contributed by atoms with Crippen LogP contribution in [0.4, 0.5) is 0 Å². The van der Waals surface area contributed by atoms with Gasteiger partial charge in [-0.2, -0.15) is 5.10 Å². The lowest BCUT2D eigenvalue weighted by Crippen LogP contribution is -2.07. The standard InChI is InChI=1S/C13H12N4O/c1-8-7-9(2)17(16-8)13-10-3-4-12(18)15-11(10)5-6-14-13/h3-7H,1-2H3,(H,15,18). The Morgan fingerprint density at radius 2 is 2.06 bits per heavy atom. The lowest BCUT2D eigenvalue weighted by Gasteiger charge is -2.06. The van der Waals surface area contributed by atoms with Crippen LogP contribution in [0.15, 0.2) is 35.3 Å². The maximum Gasteiger partial charge on any atom is 0.248 e. The average molecular weight is 240 g/mol. The van der Waals surface area contributed by atoms with E-state index in [9.17, 15) is 4.79 Å². The van der Waals surface area contributed by atoms with Gasteiger partial charge in [0.1, 0.15) is 0 Å². The molecule has 3 aromatic heterocycles. The highest BCUT2D eigenvalue weighted by Crippen LogP contribution is 2.18. The number of rotatable bonds is 1. The van der Waals surface area contributed by atoms with Crippen LogP contribution in [-0.4, -0.2) is 19.7 Å². The molecular formula is C13H12N4O. The Morgan fingerprint density at radius 3 is 2.78 bits per heavy atom. The van der Waals surface area contributed by atoms with Crippen molar-refractivity contribution < 1.29 is 0 Å². The van der Waals surface area contributed by atoms with Crippen LogP contribution < -0.4 is 5.56 Å². The number of hydrogen-bond acceptors (Lipinski definition) is 3. The highest BCUT2D eigenvalue weighted by Gasteiger charge is 2.09. The van der Waals surface area contributed by atoms with Gasteiger partial charge < -0.3 is 4.98 Å². The van der Waals surface area contributed by atoms with Crippen LogP contribution >= 0.6 is 0 Å². The summed E-state index contributed by atoms with van der Waals surface area (Å²) in [7, 11) is 0. The van der Waals surface area contributed by atoms with Gasteiger partial charge in [-0.1, -0.05) is 0 Å². The molecule has 0 aromatic carbocycles. The van der Waals surface area contributed by atoms with E-state index < -0.39 is 0 Å². The first-order valence-electron chi connectivity index (χ1n) is 5.67. The fraction of sp³-hybridized carbons (Fsp3) is 0.154. The van der Waals surface area contributed by atoms with E-state index in [1.165, 1.54) is 6.07 Å². The molecule has 0 atom stereocenters. The second-order valence-corrected chi connectivity index (χ2v) is 4.26. The smallest absolute Gasteiger partial charge is 0.248 e. The fourth-order valence-corrected chi connectivity index (χ4v) is 2.08. The van der Waals surface area contributed by atoms with Crippen LogP contribution in [-0.2, 0) is 0 Å². The molecule has 90 valence electrons. The van der Waals surface area contributed by atoms with Gasteiger partial charge in [-0.15, -0.1) is 0 Å². The van der Waals surface area contributed by atoms with E-state index in [2.05, 4.69) is 15.1 Å². The third-order valence-electron chi connectivity index (χ3n) is 2.84. The molecule has 0 saturated carbocycles. The summed E-state index contributed by atoms with van der Waals surface area (Å²) in [4.78, 5) is 18.5. The molecule has 0 bridgehead atoms. The Hall–Kier alpha value is -2.43. The molecule has 0 aliphatic carbocycles. The summed E-state index contributed by atoms with van der Waals surface area (Å²) in [6.07, 6.45) is 1.67. The van der Waals surface area contributed by atoms with Crippen molar-refractivity contribution in [2.45, 2.75) is 13.8 Å². The van der Waals surface area contributed by atoms with Gasteiger partial charge in [-0.25, -0.2) is 9.67 Å². The summed E-state index contributed by atoms with van der Waals surface area (Å²) in [5, 5.41) is 5.29. The summed E-state index contributed by atoms with van der Waals surface area (Å²) in [5.74, 6) is 0.731. The summed E-state index contributed by atoms with van der Waals surface area (Å²) in [5.41, 5.74) is 2.60. The second-order valence-electron chi connectivity index (χ2n) is 4.26. The molecule has 0 saturated heterocycles. The van der Waals surface area contributed by atoms with Gasteiger partial charge in [-0.3, -0.25) is 4.79 Å².